The normalized spacial score (nSPS) is 13.9. The number of carbonyl (C=O) groups is 1. The van der Waals surface area contributed by atoms with Gasteiger partial charge in [0.15, 0.2) is 0 Å². The number of aromatic nitrogens is 2. The van der Waals surface area contributed by atoms with E-state index >= 15 is 0 Å². The largest absolute Gasteiger partial charge is 0.497 e. The molecule has 0 aliphatic carbocycles. The SMILES string of the molecule is COc1ccc(-c2[nH]ncc2C(=O)NC(C)c2ccc3c(c2)CCCO3)cc1. The van der Waals surface area contributed by atoms with Crippen molar-refractivity contribution in [3.63, 3.8) is 0 Å². The van der Waals surface area contributed by atoms with E-state index in [9.17, 15) is 4.79 Å². The first-order chi connectivity index (χ1) is 13.7. The summed E-state index contributed by atoms with van der Waals surface area (Å²) in [4.78, 5) is 12.9. The van der Waals surface area contributed by atoms with Crippen molar-refractivity contribution in [2.45, 2.75) is 25.8 Å². The molecule has 1 amide bonds. The van der Waals surface area contributed by atoms with E-state index in [0.717, 1.165) is 42.1 Å². The predicted octanol–water partition coefficient (Wildman–Crippen LogP) is 3.90. The first-order valence-corrected chi connectivity index (χ1v) is 9.40. The number of hydrogen-bond donors (Lipinski definition) is 2. The molecule has 6 nitrogen and oxygen atoms in total. The summed E-state index contributed by atoms with van der Waals surface area (Å²) in [5.41, 5.74) is 4.34. The van der Waals surface area contributed by atoms with Crippen LogP contribution in [0.2, 0.25) is 0 Å². The Morgan fingerprint density at radius 3 is 2.86 bits per heavy atom. The molecule has 1 aliphatic rings. The molecule has 1 aliphatic heterocycles. The van der Waals surface area contributed by atoms with Crippen LogP contribution in [0.15, 0.2) is 48.7 Å². The molecule has 0 spiro atoms. The van der Waals surface area contributed by atoms with Crippen molar-refractivity contribution in [2.75, 3.05) is 13.7 Å². The van der Waals surface area contributed by atoms with Crippen LogP contribution in [0, 0.1) is 0 Å². The minimum Gasteiger partial charge on any atom is -0.497 e. The molecule has 1 aromatic heterocycles. The quantitative estimate of drug-likeness (QED) is 0.707. The second-order valence-corrected chi connectivity index (χ2v) is 6.90. The van der Waals surface area contributed by atoms with Gasteiger partial charge < -0.3 is 14.8 Å². The first kappa shape index (κ1) is 18.1. The molecule has 0 bridgehead atoms. The number of hydrogen-bond acceptors (Lipinski definition) is 4. The van der Waals surface area contributed by atoms with E-state index in [2.05, 4.69) is 21.6 Å². The van der Waals surface area contributed by atoms with Gasteiger partial charge >= 0.3 is 0 Å². The molecule has 6 heteroatoms. The fourth-order valence-electron chi connectivity index (χ4n) is 3.44. The molecule has 2 heterocycles. The Balaban J connectivity index is 1.52. The zero-order valence-electron chi connectivity index (χ0n) is 16.0. The molecule has 144 valence electrons. The minimum absolute atomic E-state index is 0.127. The Kier molecular flexibility index (Phi) is 5.02. The zero-order valence-corrected chi connectivity index (χ0v) is 16.0. The lowest BCUT2D eigenvalue weighted by Crippen LogP contribution is -2.27. The Labute approximate surface area is 163 Å². The molecular weight excluding hydrogens is 354 g/mol. The van der Waals surface area contributed by atoms with Crippen molar-refractivity contribution < 1.29 is 14.3 Å². The van der Waals surface area contributed by atoms with Crippen LogP contribution < -0.4 is 14.8 Å². The molecule has 28 heavy (non-hydrogen) atoms. The monoisotopic (exact) mass is 377 g/mol. The summed E-state index contributed by atoms with van der Waals surface area (Å²) in [7, 11) is 1.62. The number of amides is 1. The van der Waals surface area contributed by atoms with Crippen LogP contribution in [0.25, 0.3) is 11.3 Å². The lowest BCUT2D eigenvalue weighted by molar-refractivity contribution is 0.0940. The molecule has 1 atom stereocenters. The number of nitrogens with zero attached hydrogens (tertiary/aromatic N) is 1. The lowest BCUT2D eigenvalue weighted by atomic mass is 9.99. The number of benzene rings is 2. The van der Waals surface area contributed by atoms with Gasteiger partial charge in [0.2, 0.25) is 0 Å². The number of methoxy groups -OCH3 is 1. The fourth-order valence-corrected chi connectivity index (χ4v) is 3.44. The number of rotatable bonds is 5. The van der Waals surface area contributed by atoms with Gasteiger partial charge in [-0.2, -0.15) is 5.10 Å². The van der Waals surface area contributed by atoms with E-state index in [1.165, 1.54) is 5.56 Å². The highest BCUT2D eigenvalue weighted by atomic mass is 16.5. The molecule has 2 N–H and O–H groups in total. The van der Waals surface area contributed by atoms with Crippen LogP contribution >= 0.6 is 0 Å². The smallest absolute Gasteiger partial charge is 0.255 e. The van der Waals surface area contributed by atoms with Crippen molar-refractivity contribution in [3.8, 4) is 22.8 Å². The number of fused-ring (bicyclic) bond motifs is 1. The van der Waals surface area contributed by atoms with Crippen molar-refractivity contribution in [1.29, 1.82) is 0 Å². The number of carbonyl (C=O) groups excluding carboxylic acids is 1. The molecule has 2 aromatic carbocycles. The number of aromatic amines is 1. The molecule has 4 rings (SSSR count). The van der Waals surface area contributed by atoms with Gasteiger partial charge in [0, 0.05) is 5.56 Å². The standard InChI is InChI=1S/C22H23N3O3/c1-14(16-7-10-20-17(12-16)4-3-11-28-20)24-22(26)19-13-23-25-21(19)15-5-8-18(27-2)9-6-15/h5-10,12-14H,3-4,11H2,1-2H3,(H,23,25)(H,24,26). The second-order valence-electron chi connectivity index (χ2n) is 6.90. The van der Waals surface area contributed by atoms with E-state index in [0.29, 0.717) is 11.3 Å². The third-order valence-corrected chi connectivity index (χ3v) is 5.04. The highest BCUT2D eigenvalue weighted by molar-refractivity contribution is 5.99. The highest BCUT2D eigenvalue weighted by Gasteiger charge is 2.19. The highest BCUT2D eigenvalue weighted by Crippen LogP contribution is 2.28. The Hall–Kier alpha value is -3.28. The van der Waals surface area contributed by atoms with Gasteiger partial charge in [0.05, 0.1) is 37.2 Å². The fraction of sp³-hybridized carbons (Fsp3) is 0.273. The Morgan fingerprint density at radius 2 is 2.07 bits per heavy atom. The molecule has 0 radical (unpaired) electrons. The van der Waals surface area contributed by atoms with Crippen LogP contribution in [-0.4, -0.2) is 29.8 Å². The zero-order chi connectivity index (χ0) is 19.5. The van der Waals surface area contributed by atoms with E-state index in [4.69, 9.17) is 9.47 Å². The summed E-state index contributed by atoms with van der Waals surface area (Å²) < 4.78 is 10.9. The van der Waals surface area contributed by atoms with E-state index < -0.39 is 0 Å². The Bertz CT molecular complexity index is 979. The maximum Gasteiger partial charge on any atom is 0.255 e. The van der Waals surface area contributed by atoms with Gasteiger partial charge in [-0.1, -0.05) is 12.1 Å². The van der Waals surface area contributed by atoms with E-state index in [1.54, 1.807) is 13.3 Å². The lowest BCUT2D eigenvalue weighted by Gasteiger charge is -2.20. The maximum atomic E-state index is 12.9. The third-order valence-electron chi connectivity index (χ3n) is 5.04. The summed E-state index contributed by atoms with van der Waals surface area (Å²) in [6.45, 7) is 2.75. The summed E-state index contributed by atoms with van der Waals surface area (Å²) in [5, 5.41) is 10.1. The van der Waals surface area contributed by atoms with Gasteiger partial charge in [-0.05, 0) is 61.2 Å². The summed E-state index contributed by atoms with van der Waals surface area (Å²) in [5.74, 6) is 1.55. The van der Waals surface area contributed by atoms with Gasteiger partial charge in [0.1, 0.15) is 11.5 Å². The Morgan fingerprint density at radius 1 is 1.25 bits per heavy atom. The van der Waals surface area contributed by atoms with Crippen molar-refractivity contribution >= 4 is 5.91 Å². The van der Waals surface area contributed by atoms with E-state index in [-0.39, 0.29) is 11.9 Å². The van der Waals surface area contributed by atoms with Crippen LogP contribution in [0.4, 0.5) is 0 Å². The van der Waals surface area contributed by atoms with Crippen molar-refractivity contribution in [1.82, 2.24) is 15.5 Å². The molecule has 0 saturated carbocycles. The average molecular weight is 377 g/mol. The average Bonchev–Trinajstić information content (AvgIpc) is 3.23. The summed E-state index contributed by atoms with van der Waals surface area (Å²) in [6, 6.07) is 13.5. The van der Waals surface area contributed by atoms with E-state index in [1.807, 2.05) is 43.3 Å². The van der Waals surface area contributed by atoms with Gasteiger partial charge in [-0.3, -0.25) is 9.89 Å². The van der Waals surface area contributed by atoms with Crippen LogP contribution in [0.1, 0.15) is 40.9 Å². The third kappa shape index (κ3) is 3.58. The maximum absolute atomic E-state index is 12.9. The summed E-state index contributed by atoms with van der Waals surface area (Å²) >= 11 is 0. The summed E-state index contributed by atoms with van der Waals surface area (Å²) in [6.07, 6.45) is 3.59. The van der Waals surface area contributed by atoms with Crippen LogP contribution in [-0.2, 0) is 6.42 Å². The number of aryl methyl sites for hydroxylation is 1. The van der Waals surface area contributed by atoms with Gasteiger partial charge in [0.25, 0.3) is 5.91 Å². The molecule has 1 unspecified atom stereocenters. The van der Waals surface area contributed by atoms with Gasteiger partial charge in [-0.15, -0.1) is 0 Å². The number of ether oxygens (including phenoxy) is 2. The van der Waals surface area contributed by atoms with Gasteiger partial charge in [-0.25, -0.2) is 0 Å². The van der Waals surface area contributed by atoms with Crippen LogP contribution in [0.3, 0.4) is 0 Å². The second kappa shape index (κ2) is 7.76. The number of nitrogens with one attached hydrogen (secondary N) is 2. The first-order valence-electron chi connectivity index (χ1n) is 9.40. The molecular formula is C22H23N3O3. The van der Waals surface area contributed by atoms with Crippen molar-refractivity contribution in [3.05, 3.63) is 65.4 Å². The molecule has 3 aromatic rings. The minimum atomic E-state index is -0.166. The van der Waals surface area contributed by atoms with Crippen molar-refractivity contribution in [2.24, 2.45) is 0 Å². The molecule has 0 saturated heterocycles. The molecule has 0 fully saturated rings. The topological polar surface area (TPSA) is 76.2 Å². The number of H-pyrrole nitrogens is 1. The van der Waals surface area contributed by atoms with Crippen LogP contribution in [0.5, 0.6) is 11.5 Å². The predicted molar refractivity (Wildman–Crippen MR) is 107 cm³/mol.